The molecule has 0 aliphatic carbocycles. The highest BCUT2D eigenvalue weighted by molar-refractivity contribution is 9.10. The minimum absolute atomic E-state index is 0.321. The summed E-state index contributed by atoms with van der Waals surface area (Å²) in [5.74, 6) is 2.14. The number of rotatable bonds is 7. The molecule has 0 saturated carbocycles. The third-order valence-corrected chi connectivity index (χ3v) is 4.89. The molecule has 1 rings (SSSR count). The van der Waals surface area contributed by atoms with Gasteiger partial charge in [0.1, 0.15) is 5.75 Å². The van der Waals surface area contributed by atoms with Crippen LogP contribution in [-0.4, -0.2) is 13.7 Å². The summed E-state index contributed by atoms with van der Waals surface area (Å²) >= 11 is 3.65. The van der Waals surface area contributed by atoms with Gasteiger partial charge < -0.3 is 10.1 Å². The fourth-order valence-electron chi connectivity index (χ4n) is 2.35. The maximum Gasteiger partial charge on any atom is 0.123 e. The van der Waals surface area contributed by atoms with Gasteiger partial charge in [-0.2, -0.15) is 0 Å². The number of methoxy groups -OCH3 is 1. The molecule has 20 heavy (non-hydrogen) atoms. The average Bonchev–Trinajstić information content (AvgIpc) is 2.42. The average molecular weight is 342 g/mol. The Balaban J connectivity index is 3.21. The minimum atomic E-state index is 0.321. The van der Waals surface area contributed by atoms with E-state index in [9.17, 15) is 0 Å². The maximum absolute atomic E-state index is 5.61. The molecule has 1 N–H and O–H groups in total. The summed E-state index contributed by atoms with van der Waals surface area (Å²) in [6.45, 7) is 12.2. The third kappa shape index (κ3) is 4.23. The van der Waals surface area contributed by atoms with Crippen molar-refractivity contribution in [2.75, 3.05) is 13.7 Å². The molecule has 3 heteroatoms. The molecule has 0 aliphatic rings. The van der Waals surface area contributed by atoms with Gasteiger partial charge in [0.15, 0.2) is 0 Å². The molecule has 0 aliphatic heterocycles. The SMILES string of the molecule is CCCNC(c1cc(Br)c(C)cc1OC)C(C)C(C)C. The van der Waals surface area contributed by atoms with Crippen molar-refractivity contribution in [2.45, 2.75) is 47.1 Å². The maximum atomic E-state index is 5.61. The number of ether oxygens (including phenoxy) is 1. The number of halogens is 1. The van der Waals surface area contributed by atoms with Gasteiger partial charge in [-0.3, -0.25) is 0 Å². The predicted octanol–water partition coefficient (Wildman–Crippen LogP) is 5.10. The second-order valence-electron chi connectivity index (χ2n) is 5.88. The van der Waals surface area contributed by atoms with Crippen LogP contribution in [0.4, 0.5) is 0 Å². The van der Waals surface area contributed by atoms with Gasteiger partial charge in [-0.05, 0) is 49.4 Å². The molecule has 0 spiro atoms. The first kappa shape index (κ1) is 17.5. The van der Waals surface area contributed by atoms with Crippen LogP contribution in [0.25, 0.3) is 0 Å². The van der Waals surface area contributed by atoms with E-state index < -0.39 is 0 Å². The molecule has 0 amide bonds. The van der Waals surface area contributed by atoms with Crippen molar-refractivity contribution in [3.8, 4) is 5.75 Å². The van der Waals surface area contributed by atoms with Crippen LogP contribution in [0.3, 0.4) is 0 Å². The highest BCUT2D eigenvalue weighted by Gasteiger charge is 2.25. The van der Waals surface area contributed by atoms with Crippen molar-refractivity contribution in [2.24, 2.45) is 11.8 Å². The highest BCUT2D eigenvalue weighted by Crippen LogP contribution is 2.36. The lowest BCUT2D eigenvalue weighted by Gasteiger charge is -2.30. The molecule has 0 aromatic heterocycles. The molecule has 2 atom stereocenters. The summed E-state index contributed by atoms with van der Waals surface area (Å²) in [6.07, 6.45) is 1.14. The molecule has 0 bridgehead atoms. The molecule has 0 fully saturated rings. The van der Waals surface area contributed by atoms with Crippen LogP contribution in [0.5, 0.6) is 5.75 Å². The van der Waals surface area contributed by atoms with E-state index in [1.165, 1.54) is 11.1 Å². The highest BCUT2D eigenvalue weighted by atomic mass is 79.9. The van der Waals surface area contributed by atoms with Crippen molar-refractivity contribution in [3.63, 3.8) is 0 Å². The largest absolute Gasteiger partial charge is 0.496 e. The predicted molar refractivity (Wildman–Crippen MR) is 90.5 cm³/mol. The number of aryl methyl sites for hydroxylation is 1. The molecule has 114 valence electrons. The van der Waals surface area contributed by atoms with Crippen molar-refractivity contribution < 1.29 is 4.74 Å². The van der Waals surface area contributed by atoms with Crippen LogP contribution >= 0.6 is 15.9 Å². The van der Waals surface area contributed by atoms with E-state index in [1.807, 2.05) is 0 Å². The van der Waals surface area contributed by atoms with Gasteiger partial charge in [0.2, 0.25) is 0 Å². The van der Waals surface area contributed by atoms with Crippen LogP contribution in [0.1, 0.15) is 51.3 Å². The second kappa shape index (κ2) is 8.04. The first-order valence-electron chi connectivity index (χ1n) is 7.49. The molecule has 0 saturated heterocycles. The quantitative estimate of drug-likeness (QED) is 0.744. The Labute approximate surface area is 132 Å². The first-order valence-corrected chi connectivity index (χ1v) is 8.29. The van der Waals surface area contributed by atoms with E-state index in [4.69, 9.17) is 4.74 Å². The fourth-order valence-corrected chi connectivity index (χ4v) is 2.72. The normalized spacial score (nSPS) is 14.4. The number of nitrogens with one attached hydrogen (secondary N) is 1. The Kier molecular flexibility index (Phi) is 7.04. The Hall–Kier alpha value is -0.540. The van der Waals surface area contributed by atoms with Crippen molar-refractivity contribution >= 4 is 15.9 Å². The van der Waals surface area contributed by atoms with E-state index in [0.717, 1.165) is 23.2 Å². The molecule has 0 heterocycles. The van der Waals surface area contributed by atoms with Crippen LogP contribution in [-0.2, 0) is 0 Å². The standard InChI is InChI=1S/C17H28BrNO/c1-7-8-19-17(13(5)11(2)3)14-10-15(18)12(4)9-16(14)20-6/h9-11,13,17,19H,7-8H2,1-6H3. The smallest absolute Gasteiger partial charge is 0.123 e. The molecule has 1 aromatic carbocycles. The van der Waals surface area contributed by atoms with Gasteiger partial charge in [0.05, 0.1) is 7.11 Å². The zero-order valence-electron chi connectivity index (χ0n) is 13.6. The Bertz CT molecular complexity index is 431. The van der Waals surface area contributed by atoms with Gasteiger partial charge in [-0.25, -0.2) is 0 Å². The topological polar surface area (TPSA) is 21.3 Å². The monoisotopic (exact) mass is 341 g/mol. The first-order chi connectivity index (χ1) is 9.42. The minimum Gasteiger partial charge on any atom is -0.496 e. The summed E-state index contributed by atoms with van der Waals surface area (Å²) in [5.41, 5.74) is 2.46. The zero-order chi connectivity index (χ0) is 15.3. The lowest BCUT2D eigenvalue weighted by atomic mass is 9.85. The summed E-state index contributed by atoms with van der Waals surface area (Å²) in [4.78, 5) is 0. The lowest BCUT2D eigenvalue weighted by molar-refractivity contribution is 0.294. The molecule has 2 unspecified atom stereocenters. The summed E-state index contributed by atoms with van der Waals surface area (Å²) in [5, 5.41) is 3.69. The van der Waals surface area contributed by atoms with Crippen LogP contribution in [0, 0.1) is 18.8 Å². The summed E-state index contributed by atoms with van der Waals surface area (Å²) in [7, 11) is 1.75. The van der Waals surface area contributed by atoms with Crippen LogP contribution < -0.4 is 10.1 Å². The van der Waals surface area contributed by atoms with Crippen molar-refractivity contribution in [1.82, 2.24) is 5.32 Å². The van der Waals surface area contributed by atoms with Crippen LogP contribution in [0.2, 0.25) is 0 Å². The van der Waals surface area contributed by atoms with E-state index in [1.54, 1.807) is 7.11 Å². The summed E-state index contributed by atoms with van der Waals surface area (Å²) < 4.78 is 6.76. The number of benzene rings is 1. The molecule has 2 nitrogen and oxygen atoms in total. The molecule has 1 aromatic rings. The zero-order valence-corrected chi connectivity index (χ0v) is 15.2. The van der Waals surface area contributed by atoms with E-state index >= 15 is 0 Å². The molecular formula is C17H28BrNO. The molecular weight excluding hydrogens is 314 g/mol. The second-order valence-corrected chi connectivity index (χ2v) is 6.73. The molecule has 0 radical (unpaired) electrons. The number of hydrogen-bond acceptors (Lipinski definition) is 2. The van der Waals surface area contributed by atoms with E-state index in [0.29, 0.717) is 17.9 Å². The van der Waals surface area contributed by atoms with Gasteiger partial charge in [-0.1, -0.05) is 43.6 Å². The Morgan fingerprint density at radius 3 is 2.40 bits per heavy atom. The third-order valence-electron chi connectivity index (χ3n) is 4.04. The van der Waals surface area contributed by atoms with Gasteiger partial charge in [-0.15, -0.1) is 0 Å². The lowest BCUT2D eigenvalue weighted by Crippen LogP contribution is -2.30. The van der Waals surface area contributed by atoms with Gasteiger partial charge in [0.25, 0.3) is 0 Å². The van der Waals surface area contributed by atoms with Crippen molar-refractivity contribution in [3.05, 3.63) is 27.7 Å². The fraction of sp³-hybridized carbons (Fsp3) is 0.647. The van der Waals surface area contributed by atoms with Crippen LogP contribution in [0.15, 0.2) is 16.6 Å². The Morgan fingerprint density at radius 1 is 1.25 bits per heavy atom. The van der Waals surface area contributed by atoms with Gasteiger partial charge >= 0.3 is 0 Å². The number of hydrogen-bond donors (Lipinski definition) is 1. The van der Waals surface area contributed by atoms with E-state index in [-0.39, 0.29) is 0 Å². The van der Waals surface area contributed by atoms with E-state index in [2.05, 4.69) is 68.0 Å². The Morgan fingerprint density at radius 2 is 1.90 bits per heavy atom. The van der Waals surface area contributed by atoms with Crippen molar-refractivity contribution in [1.29, 1.82) is 0 Å². The summed E-state index contributed by atoms with van der Waals surface area (Å²) in [6, 6.07) is 4.65. The van der Waals surface area contributed by atoms with Gasteiger partial charge in [0, 0.05) is 16.1 Å².